The van der Waals surface area contributed by atoms with Crippen LogP contribution in [0.5, 0.6) is 0 Å². The van der Waals surface area contributed by atoms with E-state index in [2.05, 4.69) is 22.2 Å². The van der Waals surface area contributed by atoms with Crippen LogP contribution in [0.3, 0.4) is 0 Å². The molecule has 22 heavy (non-hydrogen) atoms. The fraction of sp³-hybridized carbons (Fsp3) is 0.529. The number of aromatic nitrogens is 2. The summed E-state index contributed by atoms with van der Waals surface area (Å²) in [7, 11) is 0. The van der Waals surface area contributed by atoms with Crippen LogP contribution >= 0.6 is 11.8 Å². The average Bonchev–Trinajstić information content (AvgIpc) is 2.98. The maximum Gasteiger partial charge on any atom is 0.230 e. The number of rotatable bonds is 5. The summed E-state index contributed by atoms with van der Waals surface area (Å²) in [5.74, 6) is 1.59. The first-order valence-corrected chi connectivity index (χ1v) is 9.13. The number of carbonyl (C=O) groups excluding carboxylic acids is 1. The monoisotopic (exact) mass is 317 g/mol. The summed E-state index contributed by atoms with van der Waals surface area (Å²) in [5, 5.41) is 3.35. The van der Waals surface area contributed by atoms with Crippen LogP contribution in [0.2, 0.25) is 0 Å². The normalized spacial score (nSPS) is 17.5. The van der Waals surface area contributed by atoms with Crippen molar-refractivity contribution in [2.45, 2.75) is 50.3 Å². The molecule has 0 aliphatic heterocycles. The van der Waals surface area contributed by atoms with Crippen LogP contribution in [0.1, 0.15) is 50.1 Å². The Hall–Kier alpha value is -1.49. The Kier molecular flexibility index (Phi) is 5.03. The summed E-state index contributed by atoms with van der Waals surface area (Å²) < 4.78 is 0. The smallest absolute Gasteiger partial charge is 0.230 e. The largest absolute Gasteiger partial charge is 0.353 e. The summed E-state index contributed by atoms with van der Waals surface area (Å²) in [4.78, 5) is 20.0. The van der Waals surface area contributed by atoms with E-state index in [9.17, 15) is 4.79 Å². The molecule has 1 aliphatic rings. The number of hydrogen-bond acceptors (Lipinski definition) is 3. The molecule has 3 rings (SSSR count). The molecule has 1 unspecified atom stereocenters. The quantitative estimate of drug-likeness (QED) is 0.881. The molecule has 1 heterocycles. The molecule has 0 bridgehead atoms. The predicted molar refractivity (Wildman–Crippen MR) is 92.0 cm³/mol. The van der Waals surface area contributed by atoms with Gasteiger partial charge in [0.15, 0.2) is 0 Å². The van der Waals surface area contributed by atoms with Crippen molar-refractivity contribution in [1.29, 1.82) is 0 Å². The van der Waals surface area contributed by atoms with Crippen molar-refractivity contribution < 1.29 is 4.79 Å². The zero-order valence-electron chi connectivity index (χ0n) is 13.0. The topological polar surface area (TPSA) is 57.8 Å². The van der Waals surface area contributed by atoms with E-state index in [4.69, 9.17) is 0 Å². The number of carbonyl (C=O) groups is 1. The van der Waals surface area contributed by atoms with Crippen molar-refractivity contribution >= 4 is 28.7 Å². The molecule has 118 valence electrons. The zero-order valence-corrected chi connectivity index (χ0v) is 13.8. The summed E-state index contributed by atoms with van der Waals surface area (Å²) >= 11 is 1.64. The van der Waals surface area contributed by atoms with Gasteiger partial charge in [-0.1, -0.05) is 31.4 Å². The predicted octanol–water partition coefficient (Wildman–Crippen LogP) is 3.81. The molecule has 2 N–H and O–H groups in total. The fourth-order valence-corrected chi connectivity index (χ4v) is 3.72. The number of aromatic amines is 1. The van der Waals surface area contributed by atoms with Crippen LogP contribution in [0, 0.1) is 0 Å². The highest BCUT2D eigenvalue weighted by Gasteiger charge is 2.17. The molecule has 2 aromatic rings. The van der Waals surface area contributed by atoms with Crippen molar-refractivity contribution in [3.63, 3.8) is 0 Å². The summed E-state index contributed by atoms with van der Waals surface area (Å²) in [6, 6.07) is 8.41. The molecule has 0 saturated heterocycles. The number of amides is 1. The van der Waals surface area contributed by atoms with Gasteiger partial charge >= 0.3 is 0 Å². The van der Waals surface area contributed by atoms with Crippen LogP contribution < -0.4 is 5.32 Å². The van der Waals surface area contributed by atoms with Crippen LogP contribution in [0.15, 0.2) is 24.3 Å². The third kappa shape index (κ3) is 3.83. The van der Waals surface area contributed by atoms with E-state index >= 15 is 0 Å². The Labute approximate surface area is 135 Å². The second-order valence-corrected chi connectivity index (χ2v) is 7.32. The molecule has 1 aromatic carbocycles. The van der Waals surface area contributed by atoms with Gasteiger partial charge in [-0.2, -0.15) is 0 Å². The first-order chi connectivity index (χ1) is 10.7. The maximum atomic E-state index is 12.1. The Morgan fingerprint density at radius 1 is 1.36 bits per heavy atom. The van der Waals surface area contributed by atoms with Gasteiger partial charge in [0.1, 0.15) is 5.82 Å². The first-order valence-electron chi connectivity index (χ1n) is 8.08. The minimum Gasteiger partial charge on any atom is -0.353 e. The first kappa shape index (κ1) is 15.4. The number of para-hydroxylation sites is 2. The van der Waals surface area contributed by atoms with Gasteiger partial charge in [-0.25, -0.2) is 4.98 Å². The molecule has 1 aromatic heterocycles. The molecule has 1 atom stereocenters. The lowest BCUT2D eigenvalue weighted by Gasteiger charge is -2.22. The molecule has 1 aliphatic carbocycles. The van der Waals surface area contributed by atoms with Gasteiger partial charge in [0.25, 0.3) is 0 Å². The van der Waals surface area contributed by atoms with E-state index in [0.29, 0.717) is 11.8 Å². The van der Waals surface area contributed by atoms with E-state index < -0.39 is 0 Å². The number of hydrogen-bond donors (Lipinski definition) is 2. The number of benzene rings is 1. The summed E-state index contributed by atoms with van der Waals surface area (Å²) in [6.45, 7) is 2.09. The van der Waals surface area contributed by atoms with E-state index in [0.717, 1.165) is 29.7 Å². The van der Waals surface area contributed by atoms with E-state index in [-0.39, 0.29) is 11.2 Å². The minimum atomic E-state index is 0.153. The number of nitrogens with zero attached hydrogens (tertiary/aromatic N) is 1. The van der Waals surface area contributed by atoms with E-state index in [1.54, 1.807) is 11.8 Å². The second kappa shape index (κ2) is 7.18. The van der Waals surface area contributed by atoms with Crippen molar-refractivity contribution in [1.82, 2.24) is 15.3 Å². The van der Waals surface area contributed by atoms with Crippen molar-refractivity contribution in [3.8, 4) is 0 Å². The summed E-state index contributed by atoms with van der Waals surface area (Å²) in [5.41, 5.74) is 2.04. The number of fused-ring (bicyclic) bond motifs is 1. The Morgan fingerprint density at radius 2 is 2.14 bits per heavy atom. The van der Waals surface area contributed by atoms with Gasteiger partial charge in [-0.05, 0) is 31.9 Å². The van der Waals surface area contributed by atoms with Gasteiger partial charge in [0.05, 0.1) is 22.0 Å². The maximum absolute atomic E-state index is 12.1. The Morgan fingerprint density at radius 3 is 2.91 bits per heavy atom. The Balaban J connectivity index is 1.50. The van der Waals surface area contributed by atoms with Crippen molar-refractivity contribution in [3.05, 3.63) is 30.1 Å². The van der Waals surface area contributed by atoms with Gasteiger partial charge in [0, 0.05) is 6.04 Å². The Bertz CT molecular complexity index is 601. The third-order valence-electron chi connectivity index (χ3n) is 4.23. The van der Waals surface area contributed by atoms with Crippen LogP contribution in [-0.4, -0.2) is 27.7 Å². The van der Waals surface area contributed by atoms with Crippen molar-refractivity contribution in [2.24, 2.45) is 0 Å². The molecule has 4 nitrogen and oxygen atoms in total. The number of thioether (sulfide) groups is 1. The van der Waals surface area contributed by atoms with E-state index in [1.165, 1.54) is 19.3 Å². The molecule has 1 amide bonds. The number of imidazole rings is 1. The highest BCUT2D eigenvalue weighted by Crippen LogP contribution is 2.27. The minimum absolute atomic E-state index is 0.153. The number of nitrogens with one attached hydrogen (secondary N) is 2. The zero-order chi connectivity index (χ0) is 15.4. The average molecular weight is 317 g/mol. The lowest BCUT2D eigenvalue weighted by molar-refractivity contribution is -0.119. The molecule has 0 radical (unpaired) electrons. The lowest BCUT2D eigenvalue weighted by atomic mass is 9.95. The fourth-order valence-electron chi connectivity index (χ4n) is 2.96. The SMILES string of the molecule is CC(SCC(=O)NC1CCCCC1)c1nc2ccccc2[nH]1. The van der Waals surface area contributed by atoms with Gasteiger partial charge in [-0.15, -0.1) is 11.8 Å². The molecule has 1 saturated carbocycles. The number of H-pyrrole nitrogens is 1. The molecular formula is C17H23N3OS. The highest BCUT2D eigenvalue weighted by molar-refractivity contribution is 8.00. The van der Waals surface area contributed by atoms with Crippen molar-refractivity contribution in [2.75, 3.05) is 5.75 Å². The van der Waals surface area contributed by atoms with Crippen LogP contribution in [-0.2, 0) is 4.79 Å². The lowest BCUT2D eigenvalue weighted by Crippen LogP contribution is -2.37. The van der Waals surface area contributed by atoms with Gasteiger partial charge in [-0.3, -0.25) is 4.79 Å². The van der Waals surface area contributed by atoms with Crippen LogP contribution in [0.25, 0.3) is 11.0 Å². The molecular weight excluding hydrogens is 294 g/mol. The second-order valence-electron chi connectivity index (χ2n) is 5.99. The molecule has 1 fully saturated rings. The van der Waals surface area contributed by atoms with Gasteiger partial charge in [0.2, 0.25) is 5.91 Å². The molecule has 0 spiro atoms. The third-order valence-corrected chi connectivity index (χ3v) is 5.38. The molecule has 5 heteroatoms. The summed E-state index contributed by atoms with van der Waals surface area (Å²) in [6.07, 6.45) is 6.07. The van der Waals surface area contributed by atoms with Gasteiger partial charge < -0.3 is 10.3 Å². The standard InChI is InChI=1S/C17H23N3OS/c1-12(17-19-14-9-5-6-10-15(14)20-17)22-11-16(21)18-13-7-3-2-4-8-13/h5-6,9-10,12-13H,2-4,7-8,11H2,1H3,(H,18,21)(H,19,20). The van der Waals surface area contributed by atoms with E-state index in [1.807, 2.05) is 24.3 Å². The van der Waals surface area contributed by atoms with Crippen LogP contribution in [0.4, 0.5) is 0 Å². The highest BCUT2D eigenvalue weighted by atomic mass is 32.2.